The molecule has 4 heteroatoms. The first-order valence-corrected chi connectivity index (χ1v) is 8.72. The molecule has 2 aromatic rings. The van der Waals surface area contributed by atoms with Gasteiger partial charge in [-0.15, -0.1) is 0 Å². The molecular formula is C20H23N3O. The van der Waals surface area contributed by atoms with Gasteiger partial charge in [0.1, 0.15) is 0 Å². The Hall–Kier alpha value is -2.20. The molecule has 1 N–H and O–H groups in total. The molecule has 0 atom stereocenters. The van der Waals surface area contributed by atoms with Crippen LogP contribution >= 0.6 is 0 Å². The number of hydrogen-bond acceptors (Lipinski definition) is 3. The molecule has 0 radical (unpaired) electrons. The van der Waals surface area contributed by atoms with Crippen LogP contribution in [0.1, 0.15) is 29.5 Å². The van der Waals surface area contributed by atoms with Crippen LogP contribution in [-0.2, 0) is 24.3 Å². The van der Waals surface area contributed by atoms with Gasteiger partial charge in [0, 0.05) is 25.5 Å². The molecule has 1 fully saturated rings. The van der Waals surface area contributed by atoms with Crippen molar-refractivity contribution in [1.82, 2.24) is 15.2 Å². The van der Waals surface area contributed by atoms with Crippen LogP contribution in [0.2, 0.25) is 0 Å². The zero-order valence-corrected chi connectivity index (χ0v) is 13.9. The lowest BCUT2D eigenvalue weighted by Gasteiger charge is -2.40. The maximum absolute atomic E-state index is 12.8. The van der Waals surface area contributed by atoms with Crippen molar-refractivity contribution in [3.8, 4) is 0 Å². The number of nitrogens with one attached hydrogen (secondary N) is 1. The molecule has 124 valence electrons. The Morgan fingerprint density at radius 1 is 1.08 bits per heavy atom. The summed E-state index contributed by atoms with van der Waals surface area (Å²) in [4.78, 5) is 19.4. The molecule has 3 heterocycles. The molecule has 24 heavy (non-hydrogen) atoms. The van der Waals surface area contributed by atoms with Crippen LogP contribution in [0.4, 0.5) is 0 Å². The smallest absolute Gasteiger partial charge is 0.226 e. The molecule has 2 aliphatic heterocycles. The maximum atomic E-state index is 12.8. The average molecular weight is 321 g/mol. The van der Waals surface area contributed by atoms with Gasteiger partial charge in [0.2, 0.25) is 5.91 Å². The molecule has 1 spiro atoms. The Kier molecular flexibility index (Phi) is 4.07. The fourth-order valence-corrected chi connectivity index (χ4v) is 4.00. The van der Waals surface area contributed by atoms with Crippen LogP contribution in [0.15, 0.2) is 48.8 Å². The highest BCUT2D eigenvalue weighted by Crippen LogP contribution is 2.38. The van der Waals surface area contributed by atoms with Crippen molar-refractivity contribution in [3.05, 3.63) is 65.5 Å². The van der Waals surface area contributed by atoms with E-state index in [1.165, 1.54) is 16.7 Å². The molecule has 4 nitrogen and oxygen atoms in total. The zero-order valence-electron chi connectivity index (χ0n) is 13.9. The molecule has 1 aromatic carbocycles. The molecule has 0 saturated carbocycles. The van der Waals surface area contributed by atoms with Crippen molar-refractivity contribution >= 4 is 5.91 Å². The number of benzene rings is 1. The number of amides is 1. The van der Waals surface area contributed by atoms with Crippen molar-refractivity contribution in [2.45, 2.75) is 32.4 Å². The fraction of sp³-hybridized carbons (Fsp3) is 0.400. The number of nitrogens with zero attached hydrogens (tertiary/aromatic N) is 2. The van der Waals surface area contributed by atoms with Crippen molar-refractivity contribution in [2.24, 2.45) is 5.41 Å². The fourth-order valence-electron chi connectivity index (χ4n) is 4.00. The first kappa shape index (κ1) is 15.3. The van der Waals surface area contributed by atoms with Gasteiger partial charge in [-0.3, -0.25) is 14.7 Å². The predicted octanol–water partition coefficient (Wildman–Crippen LogP) is 2.54. The summed E-state index contributed by atoms with van der Waals surface area (Å²) in [6.07, 6.45) is 6.46. The lowest BCUT2D eigenvalue weighted by Crippen LogP contribution is -2.48. The number of hydrogen-bond donors (Lipinski definition) is 1. The van der Waals surface area contributed by atoms with Crippen molar-refractivity contribution in [3.63, 3.8) is 0 Å². The minimum Gasteiger partial charge on any atom is -0.352 e. The van der Waals surface area contributed by atoms with Crippen LogP contribution in [0, 0.1) is 5.41 Å². The molecule has 1 amide bonds. The van der Waals surface area contributed by atoms with Crippen LogP contribution in [0.3, 0.4) is 0 Å². The van der Waals surface area contributed by atoms with E-state index in [-0.39, 0.29) is 11.3 Å². The quantitative estimate of drug-likeness (QED) is 0.924. The third-order valence-corrected chi connectivity index (χ3v) is 5.51. The van der Waals surface area contributed by atoms with Gasteiger partial charge in [0.15, 0.2) is 0 Å². The topological polar surface area (TPSA) is 45.2 Å². The van der Waals surface area contributed by atoms with Crippen LogP contribution in [0.25, 0.3) is 0 Å². The summed E-state index contributed by atoms with van der Waals surface area (Å²) in [6, 6.07) is 12.5. The highest BCUT2D eigenvalue weighted by Gasteiger charge is 2.42. The normalized spacial score (nSPS) is 20.2. The van der Waals surface area contributed by atoms with E-state index in [0.29, 0.717) is 6.54 Å². The second-order valence-corrected chi connectivity index (χ2v) is 7.05. The molecule has 1 saturated heterocycles. The third kappa shape index (κ3) is 2.94. The third-order valence-electron chi connectivity index (χ3n) is 5.51. The molecule has 0 bridgehead atoms. The Bertz CT molecular complexity index is 721. The first-order chi connectivity index (χ1) is 11.8. The Labute approximate surface area is 142 Å². The van der Waals surface area contributed by atoms with Gasteiger partial charge in [-0.05, 0) is 55.1 Å². The number of rotatable bonds is 2. The molecule has 0 unspecified atom stereocenters. The minimum atomic E-state index is -0.238. The van der Waals surface area contributed by atoms with Gasteiger partial charge in [0.25, 0.3) is 0 Å². The summed E-state index contributed by atoms with van der Waals surface area (Å²) < 4.78 is 0. The van der Waals surface area contributed by atoms with Crippen molar-refractivity contribution in [2.75, 3.05) is 13.1 Å². The zero-order chi connectivity index (χ0) is 16.4. The number of aromatic nitrogens is 1. The maximum Gasteiger partial charge on any atom is 0.226 e. The van der Waals surface area contributed by atoms with E-state index in [1.807, 2.05) is 18.5 Å². The highest BCUT2D eigenvalue weighted by atomic mass is 16.2. The number of likely N-dealkylation sites (tertiary alicyclic amines) is 1. The van der Waals surface area contributed by atoms with Crippen molar-refractivity contribution in [1.29, 1.82) is 0 Å². The van der Waals surface area contributed by atoms with E-state index >= 15 is 0 Å². The summed E-state index contributed by atoms with van der Waals surface area (Å²) in [5.41, 5.74) is 3.60. The molecule has 0 aliphatic carbocycles. The van der Waals surface area contributed by atoms with E-state index in [4.69, 9.17) is 0 Å². The lowest BCUT2D eigenvalue weighted by atomic mass is 9.73. The molecule has 2 aliphatic rings. The summed E-state index contributed by atoms with van der Waals surface area (Å²) in [6.45, 7) is 3.51. The average Bonchev–Trinajstić information content (AvgIpc) is 2.76. The molecule has 1 aromatic heterocycles. The minimum absolute atomic E-state index is 0.236. The van der Waals surface area contributed by atoms with E-state index < -0.39 is 0 Å². The Balaban J connectivity index is 1.48. The number of carbonyl (C=O) groups excluding carboxylic acids is 1. The SMILES string of the molecule is O=C1NCc2ccccc2CC12CCN(Cc1cccnc1)CC2. The number of carbonyl (C=O) groups is 1. The standard InChI is InChI=1S/C20H23N3O/c24-19-20(12-17-5-1-2-6-18(17)14-22-19)7-10-23(11-8-20)15-16-4-3-9-21-13-16/h1-6,9,13H,7-8,10-12,14-15H2,(H,22,24). The number of fused-ring (bicyclic) bond motifs is 1. The first-order valence-electron chi connectivity index (χ1n) is 8.72. The van der Waals surface area contributed by atoms with Gasteiger partial charge in [-0.2, -0.15) is 0 Å². The van der Waals surface area contributed by atoms with Gasteiger partial charge < -0.3 is 5.32 Å². The predicted molar refractivity (Wildman–Crippen MR) is 93.2 cm³/mol. The van der Waals surface area contributed by atoms with Crippen molar-refractivity contribution < 1.29 is 4.79 Å². The summed E-state index contributed by atoms with van der Waals surface area (Å²) in [5.74, 6) is 0.236. The van der Waals surface area contributed by atoms with E-state index in [0.717, 1.165) is 38.9 Å². The van der Waals surface area contributed by atoms with Gasteiger partial charge >= 0.3 is 0 Å². The summed E-state index contributed by atoms with van der Waals surface area (Å²) in [7, 11) is 0. The van der Waals surface area contributed by atoms with E-state index in [9.17, 15) is 4.79 Å². The Morgan fingerprint density at radius 3 is 2.62 bits per heavy atom. The van der Waals surface area contributed by atoms with Gasteiger partial charge in [0.05, 0.1) is 5.41 Å². The highest BCUT2D eigenvalue weighted by molar-refractivity contribution is 5.83. The van der Waals surface area contributed by atoms with Crippen LogP contribution < -0.4 is 5.32 Å². The molecule has 4 rings (SSSR count). The van der Waals surface area contributed by atoms with E-state index in [1.54, 1.807) is 0 Å². The van der Waals surface area contributed by atoms with Crippen LogP contribution in [0.5, 0.6) is 0 Å². The second kappa shape index (κ2) is 6.36. The number of piperidine rings is 1. The Morgan fingerprint density at radius 2 is 1.88 bits per heavy atom. The van der Waals surface area contributed by atoms with E-state index in [2.05, 4.69) is 45.5 Å². The summed E-state index contributed by atoms with van der Waals surface area (Å²) in [5, 5.41) is 3.16. The monoisotopic (exact) mass is 321 g/mol. The second-order valence-electron chi connectivity index (χ2n) is 7.05. The number of pyridine rings is 1. The summed E-state index contributed by atoms with van der Waals surface area (Å²) >= 11 is 0. The lowest BCUT2D eigenvalue weighted by molar-refractivity contribution is -0.133. The molecular weight excluding hydrogens is 298 g/mol. The largest absolute Gasteiger partial charge is 0.352 e. The van der Waals surface area contributed by atoms with Crippen LogP contribution in [-0.4, -0.2) is 28.9 Å². The van der Waals surface area contributed by atoms with Gasteiger partial charge in [-0.1, -0.05) is 30.3 Å². The van der Waals surface area contributed by atoms with Gasteiger partial charge in [-0.25, -0.2) is 0 Å².